The summed E-state index contributed by atoms with van der Waals surface area (Å²) in [6, 6.07) is 7.54. The molecule has 0 saturated carbocycles. The first-order chi connectivity index (χ1) is 9.26. The summed E-state index contributed by atoms with van der Waals surface area (Å²) >= 11 is 0. The minimum Gasteiger partial charge on any atom is -0.485 e. The molecule has 2 aromatic rings. The molecule has 0 aliphatic rings. The number of nitrogens with zero attached hydrogens (tertiary/aromatic N) is 3. The number of aliphatic hydroxyl groups is 1. The van der Waals surface area contributed by atoms with Gasteiger partial charge in [0.05, 0.1) is 6.10 Å². The van der Waals surface area contributed by atoms with Crippen LogP contribution in [0.4, 0.5) is 0 Å². The molecule has 0 fully saturated rings. The van der Waals surface area contributed by atoms with Gasteiger partial charge in [0.1, 0.15) is 18.7 Å². The van der Waals surface area contributed by atoms with Crippen molar-refractivity contribution in [2.75, 3.05) is 0 Å². The Morgan fingerprint density at radius 2 is 2.11 bits per heavy atom. The minimum atomic E-state index is -0.500. The summed E-state index contributed by atoms with van der Waals surface area (Å²) in [4.78, 5) is 4.16. The number of ether oxygens (including phenoxy) is 1. The molecule has 5 heteroatoms. The average molecular weight is 261 g/mol. The van der Waals surface area contributed by atoms with E-state index in [4.69, 9.17) is 4.74 Å². The maximum Gasteiger partial charge on any atom is 0.164 e. The zero-order valence-electron chi connectivity index (χ0n) is 11.3. The summed E-state index contributed by atoms with van der Waals surface area (Å²) in [5.74, 6) is 1.48. The molecule has 1 heterocycles. The Labute approximate surface area is 112 Å². The van der Waals surface area contributed by atoms with Crippen LogP contribution in [0.15, 0.2) is 30.6 Å². The van der Waals surface area contributed by atoms with Crippen molar-refractivity contribution in [3.8, 4) is 5.75 Å². The lowest BCUT2D eigenvalue weighted by Crippen LogP contribution is -2.08. The van der Waals surface area contributed by atoms with Gasteiger partial charge >= 0.3 is 0 Å². The minimum absolute atomic E-state index is 0.348. The van der Waals surface area contributed by atoms with Crippen LogP contribution in [0.1, 0.15) is 37.8 Å². The van der Waals surface area contributed by atoms with E-state index in [9.17, 15) is 5.11 Å². The van der Waals surface area contributed by atoms with Crippen LogP contribution in [0.25, 0.3) is 0 Å². The van der Waals surface area contributed by atoms with E-state index in [1.165, 1.54) is 6.33 Å². The lowest BCUT2D eigenvalue weighted by atomic mass is 10.1. The van der Waals surface area contributed by atoms with Gasteiger partial charge in [0.2, 0.25) is 0 Å². The number of hydrogen-bond donors (Lipinski definition) is 1. The van der Waals surface area contributed by atoms with E-state index < -0.39 is 6.10 Å². The maximum absolute atomic E-state index is 9.95. The lowest BCUT2D eigenvalue weighted by Gasteiger charge is -2.14. The third-order valence-corrected chi connectivity index (χ3v) is 3.02. The highest BCUT2D eigenvalue weighted by Gasteiger charge is 2.12. The second-order valence-corrected chi connectivity index (χ2v) is 4.24. The second-order valence-electron chi connectivity index (χ2n) is 4.24. The molecule has 0 radical (unpaired) electrons. The Kier molecular flexibility index (Phi) is 4.52. The van der Waals surface area contributed by atoms with Gasteiger partial charge in [-0.2, -0.15) is 5.10 Å². The van der Waals surface area contributed by atoms with Crippen LogP contribution in [0.3, 0.4) is 0 Å². The number of benzene rings is 1. The van der Waals surface area contributed by atoms with Gasteiger partial charge < -0.3 is 9.84 Å². The predicted molar refractivity (Wildman–Crippen MR) is 71.7 cm³/mol. The molecule has 1 aromatic carbocycles. The molecule has 102 valence electrons. The van der Waals surface area contributed by atoms with Crippen LogP contribution in [0.2, 0.25) is 0 Å². The lowest BCUT2D eigenvalue weighted by molar-refractivity contribution is 0.165. The van der Waals surface area contributed by atoms with Gasteiger partial charge in [-0.25, -0.2) is 9.67 Å². The van der Waals surface area contributed by atoms with Crippen molar-refractivity contribution < 1.29 is 9.84 Å². The second kappa shape index (κ2) is 6.33. The van der Waals surface area contributed by atoms with Crippen molar-refractivity contribution in [3.63, 3.8) is 0 Å². The van der Waals surface area contributed by atoms with E-state index in [1.807, 2.05) is 38.1 Å². The van der Waals surface area contributed by atoms with Crippen molar-refractivity contribution >= 4 is 0 Å². The van der Waals surface area contributed by atoms with Gasteiger partial charge in [-0.15, -0.1) is 0 Å². The number of aliphatic hydroxyl groups excluding tert-OH is 1. The summed E-state index contributed by atoms with van der Waals surface area (Å²) in [5, 5.41) is 14.1. The molecule has 1 N–H and O–H groups in total. The smallest absolute Gasteiger partial charge is 0.164 e. The Morgan fingerprint density at radius 3 is 2.84 bits per heavy atom. The summed E-state index contributed by atoms with van der Waals surface area (Å²) in [6.07, 6.45) is 1.68. The van der Waals surface area contributed by atoms with Crippen LogP contribution < -0.4 is 4.74 Å². The highest BCUT2D eigenvalue weighted by atomic mass is 16.5. The molecule has 19 heavy (non-hydrogen) atoms. The number of para-hydroxylation sites is 1. The largest absolute Gasteiger partial charge is 0.485 e. The molecule has 0 unspecified atom stereocenters. The summed E-state index contributed by atoms with van der Waals surface area (Å²) in [6.45, 7) is 5.06. The molecule has 0 aliphatic heterocycles. The Bertz CT molecular complexity index is 525. The highest BCUT2D eigenvalue weighted by molar-refractivity contribution is 5.35. The van der Waals surface area contributed by atoms with Crippen LogP contribution >= 0.6 is 0 Å². The molecule has 0 amide bonds. The first-order valence-corrected chi connectivity index (χ1v) is 6.52. The summed E-state index contributed by atoms with van der Waals surface area (Å²) in [7, 11) is 0. The van der Waals surface area contributed by atoms with E-state index in [0.717, 1.165) is 17.9 Å². The predicted octanol–water partition coefficient (Wildman–Crippen LogP) is 2.32. The van der Waals surface area contributed by atoms with Crippen LogP contribution in [-0.4, -0.2) is 19.9 Å². The Balaban J connectivity index is 2.11. The maximum atomic E-state index is 9.95. The third kappa shape index (κ3) is 3.12. The molecule has 0 aliphatic carbocycles. The first-order valence-electron chi connectivity index (χ1n) is 6.52. The van der Waals surface area contributed by atoms with Crippen molar-refractivity contribution in [3.05, 3.63) is 42.0 Å². The summed E-state index contributed by atoms with van der Waals surface area (Å²) < 4.78 is 7.55. The van der Waals surface area contributed by atoms with Gasteiger partial charge in [0, 0.05) is 12.1 Å². The molecule has 0 bridgehead atoms. The molecule has 2 rings (SSSR count). The van der Waals surface area contributed by atoms with Crippen LogP contribution in [0, 0.1) is 0 Å². The van der Waals surface area contributed by atoms with Crippen molar-refractivity contribution in [1.82, 2.24) is 14.8 Å². The van der Waals surface area contributed by atoms with Crippen LogP contribution in [-0.2, 0) is 13.2 Å². The molecule has 1 aromatic heterocycles. The van der Waals surface area contributed by atoms with Gasteiger partial charge in [0.15, 0.2) is 5.82 Å². The SMILES string of the molecule is CC[C@H](O)c1ccccc1OCc1ncnn1CC. The molecule has 0 saturated heterocycles. The highest BCUT2D eigenvalue weighted by Crippen LogP contribution is 2.27. The quantitative estimate of drug-likeness (QED) is 0.867. The van der Waals surface area contributed by atoms with E-state index >= 15 is 0 Å². The van der Waals surface area contributed by atoms with E-state index in [-0.39, 0.29) is 0 Å². The van der Waals surface area contributed by atoms with Gasteiger partial charge in [-0.1, -0.05) is 25.1 Å². The first kappa shape index (κ1) is 13.5. The van der Waals surface area contributed by atoms with Crippen molar-refractivity contribution in [2.45, 2.75) is 39.5 Å². The molecule has 5 nitrogen and oxygen atoms in total. The topological polar surface area (TPSA) is 60.2 Å². The molecular formula is C14H19N3O2. The molecule has 1 atom stereocenters. The van der Waals surface area contributed by atoms with Crippen molar-refractivity contribution in [1.29, 1.82) is 0 Å². The third-order valence-electron chi connectivity index (χ3n) is 3.02. The summed E-state index contributed by atoms with van der Waals surface area (Å²) in [5.41, 5.74) is 0.813. The zero-order valence-corrected chi connectivity index (χ0v) is 11.3. The van der Waals surface area contributed by atoms with E-state index in [2.05, 4.69) is 10.1 Å². The van der Waals surface area contributed by atoms with Crippen molar-refractivity contribution in [2.24, 2.45) is 0 Å². The standard InChI is InChI=1S/C14H19N3O2/c1-3-12(18)11-7-5-6-8-13(11)19-9-14-15-10-16-17(14)4-2/h5-8,10,12,18H,3-4,9H2,1-2H3/t12-/m0/s1. The molecular weight excluding hydrogens is 242 g/mol. The fourth-order valence-electron chi connectivity index (χ4n) is 1.91. The Hall–Kier alpha value is -1.88. The fraction of sp³-hybridized carbons (Fsp3) is 0.429. The number of rotatable bonds is 6. The number of hydrogen-bond acceptors (Lipinski definition) is 4. The number of aromatic nitrogens is 3. The normalized spacial score (nSPS) is 12.4. The monoisotopic (exact) mass is 261 g/mol. The zero-order chi connectivity index (χ0) is 13.7. The number of aryl methyl sites for hydroxylation is 1. The average Bonchev–Trinajstić information content (AvgIpc) is 2.92. The van der Waals surface area contributed by atoms with Gasteiger partial charge in [-0.05, 0) is 19.4 Å². The van der Waals surface area contributed by atoms with Gasteiger partial charge in [-0.3, -0.25) is 0 Å². The fourth-order valence-corrected chi connectivity index (χ4v) is 1.91. The Morgan fingerprint density at radius 1 is 1.32 bits per heavy atom. The van der Waals surface area contributed by atoms with E-state index in [1.54, 1.807) is 4.68 Å². The van der Waals surface area contributed by atoms with Crippen LogP contribution in [0.5, 0.6) is 5.75 Å². The van der Waals surface area contributed by atoms with E-state index in [0.29, 0.717) is 18.8 Å². The molecule has 0 spiro atoms. The van der Waals surface area contributed by atoms with Gasteiger partial charge in [0.25, 0.3) is 0 Å².